The fourth-order valence-corrected chi connectivity index (χ4v) is 2.48. The van der Waals surface area contributed by atoms with E-state index < -0.39 is 11.8 Å². The average molecular weight is 272 g/mol. The van der Waals surface area contributed by atoms with Crippen LogP contribution in [0.4, 0.5) is 4.39 Å². The second kappa shape index (κ2) is 4.96. The molecule has 20 heavy (non-hydrogen) atoms. The Hall–Kier alpha value is -2.36. The standard InChI is InChI=1S/C16H13FO3/c17-13-6-11(16(18)19)7-14(8-13)20-9-12-5-10-3-1-2-4-15(10)12/h1-4,6-8,12H,5,9H2,(H,18,19). The summed E-state index contributed by atoms with van der Waals surface area (Å²) in [6.45, 7) is 0.430. The van der Waals surface area contributed by atoms with Gasteiger partial charge in [-0.1, -0.05) is 24.3 Å². The second-order valence-corrected chi connectivity index (χ2v) is 4.89. The van der Waals surface area contributed by atoms with Gasteiger partial charge < -0.3 is 9.84 Å². The minimum Gasteiger partial charge on any atom is -0.493 e. The molecule has 0 aliphatic heterocycles. The first-order chi connectivity index (χ1) is 9.63. The third-order valence-corrected chi connectivity index (χ3v) is 3.53. The first-order valence-corrected chi connectivity index (χ1v) is 6.38. The molecule has 1 aliphatic carbocycles. The molecule has 0 fully saturated rings. The number of aromatic carboxylic acids is 1. The topological polar surface area (TPSA) is 46.5 Å². The maximum Gasteiger partial charge on any atom is 0.335 e. The second-order valence-electron chi connectivity index (χ2n) is 4.89. The maximum absolute atomic E-state index is 13.3. The van der Waals surface area contributed by atoms with Crippen LogP contribution in [0.2, 0.25) is 0 Å². The van der Waals surface area contributed by atoms with Crippen molar-refractivity contribution in [3.8, 4) is 5.75 Å². The zero-order chi connectivity index (χ0) is 14.1. The van der Waals surface area contributed by atoms with E-state index in [1.165, 1.54) is 23.3 Å². The highest BCUT2D eigenvalue weighted by molar-refractivity contribution is 5.88. The van der Waals surface area contributed by atoms with Crippen LogP contribution in [0.1, 0.15) is 27.4 Å². The molecule has 2 aromatic rings. The van der Waals surface area contributed by atoms with E-state index in [9.17, 15) is 9.18 Å². The third-order valence-electron chi connectivity index (χ3n) is 3.53. The number of ether oxygens (including phenoxy) is 1. The summed E-state index contributed by atoms with van der Waals surface area (Å²) in [4.78, 5) is 10.9. The Kier molecular flexibility index (Phi) is 3.14. The van der Waals surface area contributed by atoms with Crippen molar-refractivity contribution in [2.24, 2.45) is 0 Å². The van der Waals surface area contributed by atoms with Crippen molar-refractivity contribution in [2.75, 3.05) is 6.61 Å². The summed E-state index contributed by atoms with van der Waals surface area (Å²) in [5.74, 6) is -1.22. The molecule has 0 spiro atoms. The lowest BCUT2D eigenvalue weighted by atomic mass is 9.78. The maximum atomic E-state index is 13.3. The molecule has 0 radical (unpaired) electrons. The highest BCUT2D eigenvalue weighted by Crippen LogP contribution is 2.35. The van der Waals surface area contributed by atoms with Crippen molar-refractivity contribution >= 4 is 5.97 Å². The predicted octanol–water partition coefficient (Wildman–Crippen LogP) is 3.24. The van der Waals surface area contributed by atoms with Gasteiger partial charge in [0.1, 0.15) is 11.6 Å². The van der Waals surface area contributed by atoms with Crippen LogP contribution in [0.15, 0.2) is 42.5 Å². The Morgan fingerprint density at radius 3 is 2.85 bits per heavy atom. The molecule has 1 N–H and O–H groups in total. The van der Waals surface area contributed by atoms with E-state index in [-0.39, 0.29) is 11.3 Å². The van der Waals surface area contributed by atoms with E-state index in [1.807, 2.05) is 12.1 Å². The summed E-state index contributed by atoms with van der Waals surface area (Å²) in [5, 5.41) is 8.88. The van der Waals surface area contributed by atoms with Gasteiger partial charge in [-0.25, -0.2) is 9.18 Å². The zero-order valence-corrected chi connectivity index (χ0v) is 10.7. The minimum atomic E-state index is -1.16. The predicted molar refractivity (Wildman–Crippen MR) is 71.7 cm³/mol. The van der Waals surface area contributed by atoms with Gasteiger partial charge >= 0.3 is 5.97 Å². The van der Waals surface area contributed by atoms with Crippen LogP contribution < -0.4 is 4.74 Å². The van der Waals surface area contributed by atoms with Gasteiger partial charge in [-0.15, -0.1) is 0 Å². The number of carboxylic acid groups (broad SMARTS) is 1. The van der Waals surface area contributed by atoms with Crippen molar-refractivity contribution in [1.82, 2.24) is 0 Å². The van der Waals surface area contributed by atoms with E-state index in [0.717, 1.165) is 12.5 Å². The molecular weight excluding hydrogens is 259 g/mol. The summed E-state index contributed by atoms with van der Waals surface area (Å²) in [5.41, 5.74) is 2.46. The number of carbonyl (C=O) groups is 1. The molecule has 1 unspecified atom stereocenters. The largest absolute Gasteiger partial charge is 0.493 e. The Morgan fingerprint density at radius 2 is 2.10 bits per heavy atom. The summed E-state index contributed by atoms with van der Waals surface area (Å²) in [7, 11) is 0. The smallest absolute Gasteiger partial charge is 0.335 e. The fourth-order valence-electron chi connectivity index (χ4n) is 2.48. The summed E-state index contributed by atoms with van der Waals surface area (Å²) in [6, 6.07) is 11.6. The molecule has 1 atom stereocenters. The minimum absolute atomic E-state index is 0.103. The van der Waals surface area contributed by atoms with Crippen molar-refractivity contribution in [3.63, 3.8) is 0 Å². The molecule has 2 aromatic carbocycles. The molecule has 3 nitrogen and oxygen atoms in total. The molecule has 1 aliphatic rings. The molecule has 0 saturated heterocycles. The number of rotatable bonds is 4. The monoisotopic (exact) mass is 272 g/mol. The van der Waals surface area contributed by atoms with Crippen LogP contribution in [-0.4, -0.2) is 17.7 Å². The number of fused-ring (bicyclic) bond motifs is 1. The fraction of sp³-hybridized carbons (Fsp3) is 0.188. The van der Waals surface area contributed by atoms with Gasteiger partial charge in [0.15, 0.2) is 0 Å². The van der Waals surface area contributed by atoms with Crippen molar-refractivity contribution in [2.45, 2.75) is 12.3 Å². The Balaban J connectivity index is 1.69. The molecule has 0 amide bonds. The first-order valence-electron chi connectivity index (χ1n) is 6.38. The van der Waals surface area contributed by atoms with Crippen molar-refractivity contribution in [3.05, 3.63) is 65.0 Å². The molecule has 0 bridgehead atoms. The van der Waals surface area contributed by atoms with Gasteiger partial charge in [0.05, 0.1) is 12.2 Å². The van der Waals surface area contributed by atoms with Gasteiger partial charge in [0, 0.05) is 12.0 Å². The highest BCUT2D eigenvalue weighted by Gasteiger charge is 2.25. The van der Waals surface area contributed by atoms with Gasteiger partial charge in [-0.05, 0) is 29.7 Å². The van der Waals surface area contributed by atoms with E-state index in [0.29, 0.717) is 12.5 Å². The number of benzene rings is 2. The van der Waals surface area contributed by atoms with Gasteiger partial charge in [-0.3, -0.25) is 0 Å². The van der Waals surface area contributed by atoms with Crippen LogP contribution >= 0.6 is 0 Å². The molecule has 4 heteroatoms. The number of hydrogen-bond donors (Lipinski definition) is 1. The zero-order valence-electron chi connectivity index (χ0n) is 10.7. The number of hydrogen-bond acceptors (Lipinski definition) is 2. The SMILES string of the molecule is O=C(O)c1cc(F)cc(OCC2Cc3ccccc32)c1. The van der Waals surface area contributed by atoms with E-state index in [4.69, 9.17) is 9.84 Å². The van der Waals surface area contributed by atoms with Crippen LogP contribution in [0.3, 0.4) is 0 Å². The lowest BCUT2D eigenvalue weighted by Crippen LogP contribution is -2.23. The summed E-state index contributed by atoms with van der Waals surface area (Å²) >= 11 is 0. The van der Waals surface area contributed by atoms with Gasteiger partial charge in [0.25, 0.3) is 0 Å². The third kappa shape index (κ3) is 2.37. The molecule has 0 heterocycles. The van der Waals surface area contributed by atoms with Crippen LogP contribution in [0.25, 0.3) is 0 Å². The Morgan fingerprint density at radius 1 is 1.30 bits per heavy atom. The summed E-state index contributed by atoms with van der Waals surface area (Å²) < 4.78 is 18.8. The molecule has 3 rings (SSSR count). The lowest BCUT2D eigenvalue weighted by Gasteiger charge is -2.29. The number of carboxylic acids is 1. The molecule has 0 aromatic heterocycles. The molecule has 102 valence electrons. The lowest BCUT2D eigenvalue weighted by molar-refractivity contribution is 0.0695. The van der Waals surface area contributed by atoms with Gasteiger partial charge in [-0.2, -0.15) is 0 Å². The van der Waals surface area contributed by atoms with Gasteiger partial charge in [0.2, 0.25) is 0 Å². The van der Waals surface area contributed by atoms with Crippen LogP contribution in [-0.2, 0) is 6.42 Å². The number of halogens is 1. The summed E-state index contributed by atoms with van der Waals surface area (Å²) in [6.07, 6.45) is 0.942. The first kappa shape index (κ1) is 12.7. The Bertz CT molecular complexity index is 667. The highest BCUT2D eigenvalue weighted by atomic mass is 19.1. The van der Waals surface area contributed by atoms with Crippen LogP contribution in [0, 0.1) is 5.82 Å². The van der Waals surface area contributed by atoms with Crippen molar-refractivity contribution < 1.29 is 19.0 Å². The molecular formula is C16H13FO3. The Labute approximate surface area is 115 Å². The molecule has 0 saturated carbocycles. The normalized spacial score (nSPS) is 16.1. The average Bonchev–Trinajstić information content (AvgIpc) is 2.39. The van der Waals surface area contributed by atoms with E-state index >= 15 is 0 Å². The van der Waals surface area contributed by atoms with Crippen molar-refractivity contribution in [1.29, 1.82) is 0 Å². The van der Waals surface area contributed by atoms with E-state index in [1.54, 1.807) is 0 Å². The van der Waals surface area contributed by atoms with E-state index in [2.05, 4.69) is 12.1 Å². The van der Waals surface area contributed by atoms with Crippen LogP contribution in [0.5, 0.6) is 5.75 Å². The quantitative estimate of drug-likeness (QED) is 0.929.